The Labute approximate surface area is 186 Å². The third-order valence-electron chi connectivity index (χ3n) is 7.16. The average molecular weight is 439 g/mol. The lowest BCUT2D eigenvalue weighted by Crippen LogP contribution is -2.44. The summed E-state index contributed by atoms with van der Waals surface area (Å²) in [5.74, 6) is 0.702. The first-order valence-electron chi connectivity index (χ1n) is 11.8. The van der Waals surface area contributed by atoms with Crippen molar-refractivity contribution in [2.24, 2.45) is 5.92 Å². The van der Waals surface area contributed by atoms with Gasteiger partial charge in [0.05, 0.1) is 23.8 Å². The van der Waals surface area contributed by atoms with Crippen LogP contribution in [0.2, 0.25) is 0 Å². The normalized spacial score (nSPS) is 21.9. The fourth-order valence-corrected chi connectivity index (χ4v) is 5.39. The molecule has 2 N–H and O–H groups in total. The summed E-state index contributed by atoms with van der Waals surface area (Å²) in [7, 11) is 0. The Hall–Kier alpha value is -2.97. The maximum absolute atomic E-state index is 13.0. The minimum atomic E-state index is -0.264. The number of fused-ring (bicyclic) bond motifs is 1. The average Bonchev–Trinajstić information content (AvgIpc) is 3.38. The monoisotopic (exact) mass is 438 g/mol. The van der Waals surface area contributed by atoms with Crippen LogP contribution >= 0.6 is 0 Å². The van der Waals surface area contributed by atoms with Crippen molar-refractivity contribution in [2.75, 3.05) is 13.1 Å². The molecule has 2 aromatic heterocycles. The predicted octanol–water partition coefficient (Wildman–Crippen LogP) is 2.33. The first-order chi connectivity index (χ1) is 15.6. The topological polar surface area (TPSA) is 115 Å². The molecule has 170 valence electrons. The zero-order chi connectivity index (χ0) is 22.1. The first-order valence-corrected chi connectivity index (χ1v) is 11.8. The van der Waals surface area contributed by atoms with E-state index in [9.17, 15) is 14.4 Å². The molecule has 1 atom stereocenters. The van der Waals surface area contributed by atoms with E-state index in [0.717, 1.165) is 50.6 Å². The molecule has 2 aromatic rings. The van der Waals surface area contributed by atoms with Crippen LogP contribution in [0.5, 0.6) is 0 Å². The van der Waals surface area contributed by atoms with Gasteiger partial charge in [0.15, 0.2) is 0 Å². The quantitative estimate of drug-likeness (QED) is 0.763. The van der Waals surface area contributed by atoms with Gasteiger partial charge in [0.1, 0.15) is 11.5 Å². The van der Waals surface area contributed by atoms with E-state index in [-0.39, 0.29) is 29.3 Å². The summed E-state index contributed by atoms with van der Waals surface area (Å²) in [5, 5.41) is 6.62. The number of hydrogen-bond acceptors (Lipinski definition) is 5. The second-order valence-corrected chi connectivity index (χ2v) is 9.20. The van der Waals surface area contributed by atoms with Gasteiger partial charge < -0.3 is 14.8 Å². The van der Waals surface area contributed by atoms with Crippen molar-refractivity contribution in [1.82, 2.24) is 30.0 Å². The van der Waals surface area contributed by atoms with Crippen LogP contribution in [-0.4, -0.2) is 54.9 Å². The second-order valence-electron chi connectivity index (χ2n) is 9.20. The van der Waals surface area contributed by atoms with E-state index < -0.39 is 0 Å². The summed E-state index contributed by atoms with van der Waals surface area (Å²) < 4.78 is 0. The van der Waals surface area contributed by atoms with Crippen molar-refractivity contribution < 1.29 is 9.59 Å². The molecule has 4 heterocycles. The van der Waals surface area contributed by atoms with E-state index in [0.29, 0.717) is 43.1 Å². The number of carbonyl (C=O) groups excluding carboxylic acids is 2. The highest BCUT2D eigenvalue weighted by atomic mass is 16.2. The molecule has 0 radical (unpaired) electrons. The Balaban J connectivity index is 1.37. The zero-order valence-electron chi connectivity index (χ0n) is 18.3. The summed E-state index contributed by atoms with van der Waals surface area (Å²) in [5.41, 5.74) is 1.60. The van der Waals surface area contributed by atoms with Gasteiger partial charge in [-0.3, -0.25) is 19.5 Å². The molecule has 3 aliphatic rings. The summed E-state index contributed by atoms with van der Waals surface area (Å²) >= 11 is 0. The van der Waals surface area contributed by atoms with Crippen LogP contribution in [0.25, 0.3) is 0 Å². The van der Waals surface area contributed by atoms with Gasteiger partial charge in [-0.2, -0.15) is 5.10 Å². The SMILES string of the molecule is O=C(C1CCCCC1)N1CCc2nc([C@@H]3CCCCN3C(=O)c3ccn[nH]3)[nH]c(=O)c2C1. The number of likely N-dealkylation sites (tertiary alicyclic amines) is 1. The Morgan fingerprint density at radius 1 is 1.03 bits per heavy atom. The van der Waals surface area contributed by atoms with Gasteiger partial charge in [-0.05, 0) is 38.2 Å². The fraction of sp³-hybridized carbons (Fsp3) is 0.609. The molecule has 2 aliphatic heterocycles. The van der Waals surface area contributed by atoms with Gasteiger partial charge >= 0.3 is 0 Å². The van der Waals surface area contributed by atoms with Crippen LogP contribution in [0, 0.1) is 5.92 Å². The Morgan fingerprint density at radius 2 is 1.84 bits per heavy atom. The Kier molecular flexibility index (Phi) is 5.80. The van der Waals surface area contributed by atoms with Crippen molar-refractivity contribution in [1.29, 1.82) is 0 Å². The van der Waals surface area contributed by atoms with Gasteiger partial charge in [-0.1, -0.05) is 19.3 Å². The van der Waals surface area contributed by atoms with E-state index in [1.165, 1.54) is 6.42 Å². The van der Waals surface area contributed by atoms with Crippen molar-refractivity contribution in [3.05, 3.63) is 45.4 Å². The summed E-state index contributed by atoms with van der Waals surface area (Å²) in [6.45, 7) is 1.54. The van der Waals surface area contributed by atoms with Crippen molar-refractivity contribution >= 4 is 11.8 Å². The number of rotatable bonds is 3. The van der Waals surface area contributed by atoms with E-state index in [1.807, 2.05) is 4.90 Å². The number of aromatic amines is 2. The number of nitrogens with one attached hydrogen (secondary N) is 2. The molecule has 0 bridgehead atoms. The molecule has 0 spiro atoms. The van der Waals surface area contributed by atoms with E-state index in [4.69, 9.17) is 4.98 Å². The highest BCUT2D eigenvalue weighted by molar-refractivity contribution is 5.92. The van der Waals surface area contributed by atoms with Crippen LogP contribution in [0.15, 0.2) is 17.1 Å². The van der Waals surface area contributed by atoms with Crippen LogP contribution in [0.1, 0.15) is 85.0 Å². The van der Waals surface area contributed by atoms with E-state index in [1.54, 1.807) is 17.2 Å². The molecule has 0 aromatic carbocycles. The first kappa shape index (κ1) is 20.9. The molecule has 1 aliphatic carbocycles. The molecular formula is C23H30N6O3. The maximum atomic E-state index is 13.0. The maximum Gasteiger partial charge on any atom is 0.272 e. The molecule has 9 nitrogen and oxygen atoms in total. The van der Waals surface area contributed by atoms with Crippen molar-refractivity contribution in [2.45, 2.75) is 70.4 Å². The second kappa shape index (κ2) is 8.88. The highest BCUT2D eigenvalue weighted by Crippen LogP contribution is 2.31. The molecule has 2 fully saturated rings. The number of aromatic nitrogens is 4. The van der Waals surface area contributed by atoms with Crippen molar-refractivity contribution in [3.8, 4) is 0 Å². The van der Waals surface area contributed by atoms with Gasteiger partial charge in [0, 0.05) is 31.6 Å². The van der Waals surface area contributed by atoms with Gasteiger partial charge in [-0.15, -0.1) is 0 Å². The van der Waals surface area contributed by atoms with Gasteiger partial charge in [-0.25, -0.2) is 4.98 Å². The van der Waals surface area contributed by atoms with E-state index in [2.05, 4.69) is 15.2 Å². The molecule has 1 saturated carbocycles. The fourth-order valence-electron chi connectivity index (χ4n) is 5.39. The van der Waals surface area contributed by atoms with E-state index >= 15 is 0 Å². The Bertz CT molecular complexity index is 1040. The highest BCUT2D eigenvalue weighted by Gasteiger charge is 2.34. The molecular weight excluding hydrogens is 408 g/mol. The lowest BCUT2D eigenvalue weighted by atomic mass is 9.88. The third-order valence-corrected chi connectivity index (χ3v) is 7.16. The van der Waals surface area contributed by atoms with Crippen LogP contribution in [-0.2, 0) is 17.8 Å². The smallest absolute Gasteiger partial charge is 0.272 e. The number of amides is 2. The van der Waals surface area contributed by atoms with Crippen LogP contribution < -0.4 is 5.56 Å². The zero-order valence-corrected chi connectivity index (χ0v) is 18.3. The number of piperidine rings is 1. The Morgan fingerprint density at radius 3 is 2.62 bits per heavy atom. The molecule has 2 amide bonds. The predicted molar refractivity (Wildman–Crippen MR) is 117 cm³/mol. The number of nitrogens with zero attached hydrogens (tertiary/aromatic N) is 4. The largest absolute Gasteiger partial charge is 0.337 e. The lowest BCUT2D eigenvalue weighted by molar-refractivity contribution is -0.137. The molecule has 0 unspecified atom stereocenters. The standard InChI is InChI=1S/C23H30N6O3/c30-21-16-14-28(22(31)15-6-2-1-3-7-15)13-10-17(16)25-20(26-21)19-8-4-5-12-29(19)23(32)18-9-11-24-27-18/h9,11,15,19H,1-8,10,12-14H2,(H,24,27)(H,25,26,30)/t19-/m0/s1. The summed E-state index contributed by atoms with van der Waals surface area (Å²) in [6, 6.07) is 1.40. The third kappa shape index (κ3) is 3.96. The summed E-state index contributed by atoms with van der Waals surface area (Å²) in [6.07, 6.45) is 10.1. The molecule has 1 saturated heterocycles. The minimum absolute atomic E-state index is 0.0981. The number of carbonyl (C=O) groups is 2. The van der Waals surface area contributed by atoms with Crippen LogP contribution in [0.4, 0.5) is 0 Å². The van der Waals surface area contributed by atoms with Gasteiger partial charge in [0.2, 0.25) is 5.91 Å². The van der Waals surface area contributed by atoms with Gasteiger partial charge in [0.25, 0.3) is 11.5 Å². The van der Waals surface area contributed by atoms with Crippen molar-refractivity contribution in [3.63, 3.8) is 0 Å². The lowest BCUT2D eigenvalue weighted by Gasteiger charge is -2.36. The molecule has 32 heavy (non-hydrogen) atoms. The molecule has 9 heteroatoms. The number of H-pyrrole nitrogens is 2. The minimum Gasteiger partial charge on any atom is -0.337 e. The van der Waals surface area contributed by atoms with Crippen LogP contribution in [0.3, 0.4) is 0 Å². The number of hydrogen-bond donors (Lipinski definition) is 2. The summed E-state index contributed by atoms with van der Waals surface area (Å²) in [4.78, 5) is 50.3. The molecule has 5 rings (SSSR count).